The standard InChI is InChI=1S/C21H16FN3O2S/c22-16-9-7-14(8-10-16)20(18-6-3-11-28-18)24-19(26)13-25-21(27)17-5-2-1-4-15(17)12-23-25/h1-12,20H,13H2,(H,24,26). The summed E-state index contributed by atoms with van der Waals surface area (Å²) in [5.74, 6) is -0.695. The lowest BCUT2D eigenvalue weighted by Crippen LogP contribution is -2.35. The Morgan fingerprint density at radius 2 is 1.89 bits per heavy atom. The van der Waals surface area contributed by atoms with Crippen LogP contribution in [-0.2, 0) is 11.3 Å². The minimum absolute atomic E-state index is 0.202. The third-order valence-corrected chi connectivity index (χ3v) is 5.33. The molecule has 4 rings (SSSR count). The molecule has 28 heavy (non-hydrogen) atoms. The van der Waals surface area contributed by atoms with Gasteiger partial charge < -0.3 is 5.32 Å². The first-order valence-electron chi connectivity index (χ1n) is 8.65. The van der Waals surface area contributed by atoms with Crippen molar-refractivity contribution in [3.63, 3.8) is 0 Å². The molecule has 0 spiro atoms. The third kappa shape index (κ3) is 3.70. The van der Waals surface area contributed by atoms with E-state index < -0.39 is 6.04 Å². The number of carbonyl (C=O) groups is 1. The monoisotopic (exact) mass is 393 g/mol. The van der Waals surface area contributed by atoms with Gasteiger partial charge in [-0.2, -0.15) is 5.10 Å². The average molecular weight is 393 g/mol. The molecule has 2 aromatic heterocycles. The minimum atomic E-state index is -0.427. The summed E-state index contributed by atoms with van der Waals surface area (Å²) >= 11 is 1.49. The topological polar surface area (TPSA) is 64.0 Å². The highest BCUT2D eigenvalue weighted by atomic mass is 32.1. The number of rotatable bonds is 5. The van der Waals surface area contributed by atoms with Crippen LogP contribution < -0.4 is 10.9 Å². The van der Waals surface area contributed by atoms with Gasteiger partial charge >= 0.3 is 0 Å². The van der Waals surface area contributed by atoms with Gasteiger partial charge in [-0.1, -0.05) is 36.4 Å². The summed E-state index contributed by atoms with van der Waals surface area (Å²) in [4.78, 5) is 26.1. The number of benzene rings is 2. The summed E-state index contributed by atoms with van der Waals surface area (Å²) in [5, 5.41) is 10.2. The molecule has 1 N–H and O–H groups in total. The van der Waals surface area contributed by atoms with Gasteiger partial charge in [-0.05, 0) is 35.2 Å². The van der Waals surface area contributed by atoms with Gasteiger partial charge in [0, 0.05) is 10.3 Å². The Labute approximate surface area is 164 Å². The first-order valence-corrected chi connectivity index (χ1v) is 9.53. The highest BCUT2D eigenvalue weighted by Crippen LogP contribution is 2.26. The molecule has 5 nitrogen and oxygen atoms in total. The molecule has 1 unspecified atom stereocenters. The first-order chi connectivity index (χ1) is 13.6. The van der Waals surface area contributed by atoms with Crippen molar-refractivity contribution in [2.24, 2.45) is 0 Å². The molecule has 0 aliphatic rings. The largest absolute Gasteiger partial charge is 0.343 e. The van der Waals surface area contributed by atoms with E-state index in [-0.39, 0.29) is 23.8 Å². The Bertz CT molecular complexity index is 1170. The number of nitrogens with one attached hydrogen (secondary N) is 1. The van der Waals surface area contributed by atoms with Gasteiger partial charge in [-0.25, -0.2) is 9.07 Å². The van der Waals surface area contributed by atoms with E-state index in [9.17, 15) is 14.0 Å². The van der Waals surface area contributed by atoms with E-state index in [1.807, 2.05) is 23.6 Å². The molecule has 0 radical (unpaired) electrons. The number of nitrogens with zero attached hydrogens (tertiary/aromatic N) is 2. The molecule has 0 aliphatic heterocycles. The SMILES string of the molecule is O=C(Cn1ncc2ccccc2c1=O)NC(c1ccc(F)cc1)c1cccs1. The molecule has 2 heterocycles. The van der Waals surface area contributed by atoms with E-state index >= 15 is 0 Å². The minimum Gasteiger partial charge on any atom is -0.343 e. The lowest BCUT2D eigenvalue weighted by atomic mass is 10.1. The van der Waals surface area contributed by atoms with Gasteiger partial charge in [0.05, 0.1) is 17.6 Å². The first kappa shape index (κ1) is 18.1. The lowest BCUT2D eigenvalue weighted by Gasteiger charge is -2.18. The van der Waals surface area contributed by atoms with Crippen LogP contribution in [-0.4, -0.2) is 15.7 Å². The van der Waals surface area contributed by atoms with E-state index in [0.717, 1.165) is 20.5 Å². The van der Waals surface area contributed by atoms with Crippen molar-refractivity contribution in [2.45, 2.75) is 12.6 Å². The Morgan fingerprint density at radius 3 is 2.64 bits per heavy atom. The number of amides is 1. The molecule has 1 atom stereocenters. The van der Waals surface area contributed by atoms with Crippen LogP contribution in [0.5, 0.6) is 0 Å². The van der Waals surface area contributed by atoms with Crippen molar-refractivity contribution in [1.29, 1.82) is 0 Å². The number of halogens is 1. The number of hydrogen-bond acceptors (Lipinski definition) is 4. The molecule has 0 saturated carbocycles. The van der Waals surface area contributed by atoms with Gasteiger partial charge in [-0.15, -0.1) is 11.3 Å². The van der Waals surface area contributed by atoms with E-state index in [1.54, 1.807) is 36.5 Å². The number of carbonyl (C=O) groups excluding carboxylic acids is 1. The van der Waals surface area contributed by atoms with Gasteiger partial charge in [0.1, 0.15) is 12.4 Å². The number of hydrogen-bond donors (Lipinski definition) is 1. The zero-order valence-corrected chi connectivity index (χ0v) is 15.5. The Morgan fingerprint density at radius 1 is 1.11 bits per heavy atom. The average Bonchev–Trinajstić information content (AvgIpc) is 3.24. The Balaban J connectivity index is 1.59. The maximum Gasteiger partial charge on any atom is 0.275 e. The number of fused-ring (bicyclic) bond motifs is 1. The van der Waals surface area contributed by atoms with E-state index in [1.165, 1.54) is 23.5 Å². The van der Waals surface area contributed by atoms with Crippen molar-refractivity contribution in [3.8, 4) is 0 Å². The fourth-order valence-electron chi connectivity index (χ4n) is 3.01. The lowest BCUT2D eigenvalue weighted by molar-refractivity contribution is -0.122. The summed E-state index contributed by atoms with van der Waals surface area (Å²) in [5.41, 5.74) is 0.443. The second-order valence-corrected chi connectivity index (χ2v) is 7.24. The fraction of sp³-hybridized carbons (Fsp3) is 0.0952. The normalized spacial score (nSPS) is 12.0. The molecule has 4 aromatic rings. The second-order valence-electron chi connectivity index (χ2n) is 6.26. The van der Waals surface area contributed by atoms with Crippen LogP contribution in [0.3, 0.4) is 0 Å². The molecule has 1 amide bonds. The fourth-order valence-corrected chi connectivity index (χ4v) is 3.81. The van der Waals surface area contributed by atoms with Crippen molar-refractivity contribution in [1.82, 2.24) is 15.1 Å². The molecule has 0 bridgehead atoms. The smallest absolute Gasteiger partial charge is 0.275 e. The summed E-state index contributed by atoms with van der Waals surface area (Å²) in [6, 6.07) is 16.5. The molecule has 0 aliphatic carbocycles. The molecule has 140 valence electrons. The van der Waals surface area contributed by atoms with Gasteiger partial charge in [0.25, 0.3) is 5.56 Å². The predicted molar refractivity (Wildman–Crippen MR) is 107 cm³/mol. The van der Waals surface area contributed by atoms with Crippen LogP contribution >= 0.6 is 11.3 Å². The maximum atomic E-state index is 13.3. The van der Waals surface area contributed by atoms with Gasteiger partial charge in [0.2, 0.25) is 5.91 Å². The van der Waals surface area contributed by atoms with Crippen LogP contribution in [0.1, 0.15) is 16.5 Å². The third-order valence-electron chi connectivity index (χ3n) is 4.39. The molecule has 7 heteroatoms. The summed E-state index contributed by atoms with van der Waals surface area (Å²) in [6.45, 7) is -0.202. The molecule has 0 saturated heterocycles. The Kier molecular flexibility index (Phi) is 4.99. The van der Waals surface area contributed by atoms with Crippen molar-refractivity contribution >= 4 is 28.0 Å². The molecule has 2 aromatic carbocycles. The molecular weight excluding hydrogens is 377 g/mol. The van der Waals surface area contributed by atoms with Crippen molar-refractivity contribution < 1.29 is 9.18 Å². The molecule has 0 fully saturated rings. The van der Waals surface area contributed by atoms with Crippen molar-refractivity contribution in [2.75, 3.05) is 0 Å². The maximum absolute atomic E-state index is 13.3. The zero-order chi connectivity index (χ0) is 19.5. The van der Waals surface area contributed by atoms with Crippen molar-refractivity contribution in [3.05, 3.63) is 98.9 Å². The zero-order valence-electron chi connectivity index (χ0n) is 14.7. The van der Waals surface area contributed by atoms with Crippen LogP contribution in [0.15, 0.2) is 77.0 Å². The highest BCUT2D eigenvalue weighted by Gasteiger charge is 2.19. The predicted octanol–water partition coefficient (Wildman–Crippen LogP) is 3.50. The summed E-state index contributed by atoms with van der Waals surface area (Å²) < 4.78 is 14.4. The van der Waals surface area contributed by atoms with Gasteiger partial charge in [-0.3, -0.25) is 9.59 Å². The summed E-state index contributed by atoms with van der Waals surface area (Å²) in [6.07, 6.45) is 1.57. The van der Waals surface area contributed by atoms with Crippen LogP contribution in [0, 0.1) is 5.82 Å². The van der Waals surface area contributed by atoms with E-state index in [0.29, 0.717) is 5.39 Å². The van der Waals surface area contributed by atoms with Crippen LogP contribution in [0.4, 0.5) is 4.39 Å². The van der Waals surface area contributed by atoms with Gasteiger partial charge in [0.15, 0.2) is 0 Å². The quantitative estimate of drug-likeness (QED) is 0.564. The van der Waals surface area contributed by atoms with E-state index in [2.05, 4.69) is 10.4 Å². The highest BCUT2D eigenvalue weighted by molar-refractivity contribution is 7.10. The number of thiophene rings is 1. The number of aromatic nitrogens is 2. The van der Waals surface area contributed by atoms with Crippen LogP contribution in [0.25, 0.3) is 10.8 Å². The summed E-state index contributed by atoms with van der Waals surface area (Å²) in [7, 11) is 0. The second kappa shape index (κ2) is 7.74. The Hall–Kier alpha value is -3.32. The van der Waals surface area contributed by atoms with Crippen LogP contribution in [0.2, 0.25) is 0 Å². The van der Waals surface area contributed by atoms with E-state index in [4.69, 9.17) is 0 Å². The molecular formula is C21H16FN3O2S.